The van der Waals surface area contributed by atoms with Gasteiger partial charge in [-0.3, -0.25) is 9.59 Å². The first kappa shape index (κ1) is 107. The van der Waals surface area contributed by atoms with Gasteiger partial charge < -0.3 is 47.4 Å². The van der Waals surface area contributed by atoms with Crippen LogP contribution in [-0.2, 0) is 95.3 Å². The lowest BCUT2D eigenvalue weighted by molar-refractivity contribution is -0.249. The van der Waals surface area contributed by atoms with E-state index in [1.807, 2.05) is 0 Å². The van der Waals surface area contributed by atoms with Crippen molar-refractivity contribution >= 4 is 59.7 Å². The monoisotopic (exact) mass is 1970 g/mol. The Hall–Kier alpha value is -6.60. The molecule has 26 aliphatic rings. The number of hydrogen-bond donors (Lipinski definition) is 0. The predicted octanol–water partition coefficient (Wildman–Crippen LogP) is 25.7. The van der Waals surface area contributed by atoms with Gasteiger partial charge in [0, 0.05) is 107 Å². The molecular formula is C122H182O20. The van der Waals surface area contributed by atoms with Crippen LogP contribution < -0.4 is 0 Å². The van der Waals surface area contributed by atoms with Crippen LogP contribution in [0.4, 0.5) is 0 Å². The van der Waals surface area contributed by atoms with Gasteiger partial charge in [-0.25, -0.2) is 38.4 Å². The van der Waals surface area contributed by atoms with E-state index < -0.39 is 23.9 Å². The van der Waals surface area contributed by atoms with E-state index in [1.54, 1.807) is 13.8 Å². The van der Waals surface area contributed by atoms with E-state index in [-0.39, 0.29) is 90.2 Å². The van der Waals surface area contributed by atoms with Crippen molar-refractivity contribution in [2.24, 2.45) is 181 Å². The van der Waals surface area contributed by atoms with Crippen molar-refractivity contribution in [3.05, 3.63) is 62.3 Å². The van der Waals surface area contributed by atoms with Gasteiger partial charge in [-0.2, -0.15) is 0 Å². The molecule has 0 spiro atoms. The first-order valence-corrected chi connectivity index (χ1v) is 57.7. The topological polar surface area (TPSA) is 263 Å². The highest BCUT2D eigenvalue weighted by Crippen LogP contribution is 2.75. The van der Waals surface area contributed by atoms with Crippen molar-refractivity contribution in [2.75, 3.05) is 33.0 Å². The van der Waals surface area contributed by atoms with Crippen LogP contribution in [0.2, 0.25) is 0 Å². The summed E-state index contributed by atoms with van der Waals surface area (Å²) in [6, 6.07) is 0. The zero-order valence-electron chi connectivity index (χ0n) is 89.3. The van der Waals surface area contributed by atoms with Crippen LogP contribution in [0.1, 0.15) is 397 Å². The molecule has 22 bridgehead atoms. The quantitative estimate of drug-likeness (QED) is 0.0280. The first-order chi connectivity index (χ1) is 67.5. The standard InChI is InChI=1S/2C26H40O4.C24H36O4.C23H32O4.C23H34O4/c1-17(2)24(28)29-10-6-9-23(27)30-26(20-8-5-7-18(3)11-20)21-12-19-13-22(26)16-25(4,14-19)15-21;1-4-23(27)29-12-6-5-7-24(28)30-26(20-10-8-18(2)9-11-20)21-13-19-14-22(26)17-25(3,15-19)16-21;1-15(2)22(26)27-14-21(25)28-24(18-7-5-16(3)6-8-18)19-9-17-10-20(24)13-23(4,11-17)12-19;1-3-20(24)26-13-21(25)27-23(19-9-14-4-5-16(19)6-14)17-7-15-8-18(23)12-22(2,10-15)11-17;1-4-20(24)26-14-21(25)27-23(17-7-5-6-15(2)8-17)18-9-16-10-19(23)13-22(3,11-16)12-18/h18-22H,1,5-16H2,2-4H3;4,18-22H,1,5-17H2,2-3H3;16-20H,1,5-14H2,2-4H3;3,14-19H,1,4-13H2,2H3;4,15-19H,1,5-14H2,2-3H3. The molecule has 0 aromatic rings. The Labute approximate surface area is 851 Å². The largest absolute Gasteiger partial charge is 0.463 e. The molecule has 0 aliphatic heterocycles. The number of unbranched alkanes of at least 4 members (excludes halogenated alkanes) is 1. The minimum atomic E-state index is -0.565. The maximum atomic E-state index is 13.0. The molecule has 26 saturated carbocycles. The number of carbonyl (C=O) groups excluding carboxylic acids is 10. The summed E-state index contributed by atoms with van der Waals surface area (Å²) < 4.78 is 57.8. The van der Waals surface area contributed by atoms with Gasteiger partial charge in [-0.05, 0) is 380 Å². The second-order valence-electron chi connectivity index (χ2n) is 54.4. The van der Waals surface area contributed by atoms with Crippen LogP contribution in [0.5, 0.6) is 0 Å². The van der Waals surface area contributed by atoms with E-state index in [0.29, 0.717) is 172 Å². The van der Waals surface area contributed by atoms with Crippen LogP contribution >= 0.6 is 0 Å². The molecule has 0 radical (unpaired) electrons. The van der Waals surface area contributed by atoms with E-state index in [1.165, 1.54) is 276 Å². The lowest BCUT2D eigenvalue weighted by Crippen LogP contribution is -2.66. The Bertz CT molecular complexity index is 4530. The van der Waals surface area contributed by atoms with E-state index in [9.17, 15) is 47.9 Å². The molecule has 26 rings (SSSR count). The third-order valence-electron chi connectivity index (χ3n) is 43.0. The molecule has 0 heterocycles. The van der Waals surface area contributed by atoms with Crippen LogP contribution in [0, 0.1) is 181 Å². The van der Waals surface area contributed by atoms with E-state index in [0.717, 1.165) is 90.6 Å². The Morgan fingerprint density at radius 1 is 0.268 bits per heavy atom. The van der Waals surface area contributed by atoms with Crippen molar-refractivity contribution in [1.82, 2.24) is 0 Å². The van der Waals surface area contributed by atoms with E-state index in [2.05, 4.69) is 95.2 Å². The summed E-state index contributed by atoms with van der Waals surface area (Å²) in [5.41, 5.74) is 1.55. The van der Waals surface area contributed by atoms with Crippen LogP contribution in [-0.4, -0.2) is 121 Å². The third kappa shape index (κ3) is 22.2. The smallest absolute Gasteiger partial charge is 0.344 e. The van der Waals surface area contributed by atoms with E-state index >= 15 is 0 Å². The average molecular weight is 1970 g/mol. The molecule has 142 heavy (non-hydrogen) atoms. The summed E-state index contributed by atoms with van der Waals surface area (Å²) in [4.78, 5) is 122. The number of hydrogen-bond acceptors (Lipinski definition) is 20. The maximum absolute atomic E-state index is 13.0. The van der Waals surface area contributed by atoms with Crippen molar-refractivity contribution < 1.29 is 95.3 Å². The van der Waals surface area contributed by atoms with Crippen molar-refractivity contribution in [1.29, 1.82) is 0 Å². The molecule has 790 valence electrons. The Balaban J connectivity index is 0.000000122. The minimum absolute atomic E-state index is 0.0266. The predicted molar refractivity (Wildman–Crippen MR) is 544 cm³/mol. The molecule has 0 N–H and O–H groups in total. The molecule has 0 saturated heterocycles. The zero-order chi connectivity index (χ0) is 101. The van der Waals surface area contributed by atoms with Gasteiger partial charge in [-0.15, -0.1) is 0 Å². The normalized spacial score (nSPS) is 44.4. The highest BCUT2D eigenvalue weighted by Gasteiger charge is 2.73. The van der Waals surface area contributed by atoms with Crippen molar-refractivity contribution in [3.8, 4) is 0 Å². The minimum Gasteiger partial charge on any atom is -0.463 e. The van der Waals surface area contributed by atoms with Gasteiger partial charge in [0.15, 0.2) is 19.8 Å². The second-order valence-corrected chi connectivity index (χ2v) is 54.4. The summed E-state index contributed by atoms with van der Waals surface area (Å²) in [5, 5.41) is 0. The number of rotatable bonds is 30. The van der Waals surface area contributed by atoms with Crippen LogP contribution in [0.25, 0.3) is 0 Å². The molecule has 26 fully saturated rings. The molecule has 17 unspecified atom stereocenters. The summed E-state index contributed by atoms with van der Waals surface area (Å²) in [6.45, 7) is 42.0. The van der Waals surface area contributed by atoms with Crippen LogP contribution in [0.3, 0.4) is 0 Å². The lowest BCUT2D eigenvalue weighted by Gasteiger charge is -2.66. The molecule has 0 aromatic heterocycles. The van der Waals surface area contributed by atoms with Gasteiger partial charge in [0.25, 0.3) is 0 Å². The van der Waals surface area contributed by atoms with Crippen LogP contribution in [0.15, 0.2) is 62.3 Å². The van der Waals surface area contributed by atoms with Gasteiger partial charge in [0.05, 0.1) is 13.2 Å². The fourth-order valence-electron chi connectivity index (χ4n) is 39.3. The van der Waals surface area contributed by atoms with Gasteiger partial charge >= 0.3 is 59.7 Å². The van der Waals surface area contributed by atoms with Gasteiger partial charge in [0.2, 0.25) is 0 Å². The molecular weight excluding hydrogens is 1790 g/mol. The lowest BCUT2D eigenvalue weighted by atomic mass is 9.42. The third-order valence-corrected chi connectivity index (χ3v) is 43.0. The number of carbonyl (C=O) groups is 10. The Morgan fingerprint density at radius 2 is 0.563 bits per heavy atom. The molecule has 26 aliphatic carbocycles. The fourth-order valence-corrected chi connectivity index (χ4v) is 39.3. The zero-order valence-corrected chi connectivity index (χ0v) is 89.3. The van der Waals surface area contributed by atoms with Gasteiger partial charge in [0.1, 0.15) is 28.0 Å². The molecule has 20 nitrogen and oxygen atoms in total. The van der Waals surface area contributed by atoms with E-state index in [4.69, 9.17) is 47.4 Å². The Morgan fingerprint density at radius 3 is 0.873 bits per heavy atom. The summed E-state index contributed by atoms with van der Waals surface area (Å²) in [7, 11) is 0. The first-order valence-electron chi connectivity index (χ1n) is 57.7. The van der Waals surface area contributed by atoms with Crippen molar-refractivity contribution in [3.63, 3.8) is 0 Å². The Kier molecular flexibility index (Phi) is 32.4. The molecule has 0 amide bonds. The number of fused-ring (bicyclic) bond motifs is 2. The van der Waals surface area contributed by atoms with Gasteiger partial charge in [-0.1, -0.05) is 153 Å². The molecule has 17 atom stereocenters. The molecule has 0 aromatic carbocycles. The fraction of sp³-hybridized carbons (Fsp3) is 0.836. The SMILES string of the molecule is C=C(C)C(=O)OCC(=O)OC1(C2CCC(C)CC2)C2CC3CC1CC(C)(C3)C2.C=C(C)C(=O)OCCCC(=O)OC1(C2CCCC(C)C2)C2CC3CC1CC(C)(C3)C2.C=CC(=O)OCC(=O)OC1(C2CC3CCC2C3)C2CC3CC1CC(C)(C3)C2.C=CC(=O)OCC(=O)OC1(C2CCCC(C)C2)C2CC3CC1CC(C)(C3)C2.C=CC(=O)OCCCCC(=O)OC1(C2CCC(C)CC2)C2CC3CC1CC(C)(C3)C2. The maximum Gasteiger partial charge on any atom is 0.344 e. The second kappa shape index (κ2) is 43.2. The number of ether oxygens (including phenoxy) is 10. The summed E-state index contributed by atoms with van der Waals surface area (Å²) in [6.07, 6.45) is 62.1. The summed E-state index contributed by atoms with van der Waals surface area (Å²) in [5.74, 6) is 12.6. The summed E-state index contributed by atoms with van der Waals surface area (Å²) >= 11 is 0. The number of esters is 10. The highest BCUT2D eigenvalue weighted by molar-refractivity contribution is 5.89. The molecule has 20 heteroatoms. The highest BCUT2D eigenvalue weighted by atomic mass is 16.6. The van der Waals surface area contributed by atoms with Crippen molar-refractivity contribution in [2.45, 2.75) is 425 Å². The average Bonchev–Trinajstić information content (AvgIpc) is 0.973.